The Bertz CT molecular complexity index is 349. The molecule has 2 rings (SSSR count). The maximum Gasteiger partial charge on any atom is 0.0581 e. The van der Waals surface area contributed by atoms with Crippen LogP contribution in [0.5, 0.6) is 0 Å². The lowest BCUT2D eigenvalue weighted by Crippen LogP contribution is -2.10. The summed E-state index contributed by atoms with van der Waals surface area (Å²) < 4.78 is 0. The molecule has 0 radical (unpaired) electrons. The molecular formula is C14H19ClO. The zero-order valence-corrected chi connectivity index (χ0v) is 10.3. The summed E-state index contributed by atoms with van der Waals surface area (Å²) in [6.07, 6.45) is 5.95. The number of aliphatic hydroxyl groups is 1. The number of rotatable bonds is 5. The van der Waals surface area contributed by atoms with E-state index in [2.05, 4.69) is 18.2 Å². The molecule has 2 heteroatoms. The number of fused-ring (bicyclic) bond motifs is 1. The molecule has 1 unspecified atom stereocenters. The molecule has 0 fully saturated rings. The van der Waals surface area contributed by atoms with Crippen LogP contribution in [0.4, 0.5) is 0 Å². The van der Waals surface area contributed by atoms with Crippen molar-refractivity contribution in [1.82, 2.24) is 0 Å². The predicted octanol–water partition coefficient (Wildman–Crippen LogP) is 3.10. The first kappa shape index (κ1) is 11.9. The van der Waals surface area contributed by atoms with E-state index in [1.807, 2.05) is 0 Å². The van der Waals surface area contributed by atoms with Crippen LogP contribution in [0.2, 0.25) is 0 Å². The monoisotopic (exact) mass is 238 g/mol. The first-order valence-electron chi connectivity index (χ1n) is 6.14. The van der Waals surface area contributed by atoms with Gasteiger partial charge in [-0.25, -0.2) is 0 Å². The normalized spacial score (nSPS) is 16.1. The molecule has 1 N–H and O–H groups in total. The minimum Gasteiger partial charge on any atom is -0.393 e. The lowest BCUT2D eigenvalue weighted by Gasteiger charge is -2.10. The van der Waals surface area contributed by atoms with Crippen LogP contribution >= 0.6 is 11.6 Å². The van der Waals surface area contributed by atoms with Gasteiger partial charge in [-0.1, -0.05) is 18.2 Å². The van der Waals surface area contributed by atoms with Gasteiger partial charge >= 0.3 is 0 Å². The lowest BCUT2D eigenvalue weighted by atomic mass is 10.0. The molecule has 1 atom stereocenters. The number of hydrogen-bond donors (Lipinski definition) is 1. The van der Waals surface area contributed by atoms with Gasteiger partial charge in [-0.15, -0.1) is 11.6 Å². The minimum atomic E-state index is -0.238. The van der Waals surface area contributed by atoms with Crippen molar-refractivity contribution in [3.8, 4) is 0 Å². The van der Waals surface area contributed by atoms with Gasteiger partial charge in [0.15, 0.2) is 0 Å². The Labute approximate surface area is 102 Å². The molecule has 0 aliphatic heterocycles. The van der Waals surface area contributed by atoms with Crippen LogP contribution in [0.15, 0.2) is 18.2 Å². The van der Waals surface area contributed by atoms with Crippen LogP contribution in [-0.2, 0) is 19.3 Å². The zero-order chi connectivity index (χ0) is 11.4. The highest BCUT2D eigenvalue weighted by Gasteiger charge is 2.12. The van der Waals surface area contributed by atoms with Gasteiger partial charge in [-0.05, 0) is 55.2 Å². The van der Waals surface area contributed by atoms with Crippen molar-refractivity contribution >= 4 is 11.6 Å². The number of benzene rings is 1. The average molecular weight is 239 g/mol. The SMILES string of the molecule is OC(CCCCl)Cc1ccc2c(c1)CCC2. The van der Waals surface area contributed by atoms with Crippen molar-refractivity contribution in [2.75, 3.05) is 5.88 Å². The fourth-order valence-electron chi connectivity index (χ4n) is 2.44. The van der Waals surface area contributed by atoms with Gasteiger partial charge in [0.05, 0.1) is 6.10 Å². The summed E-state index contributed by atoms with van der Waals surface area (Å²) in [5.74, 6) is 0.640. The summed E-state index contributed by atoms with van der Waals surface area (Å²) in [6.45, 7) is 0. The smallest absolute Gasteiger partial charge is 0.0581 e. The molecule has 16 heavy (non-hydrogen) atoms. The van der Waals surface area contributed by atoms with Crippen LogP contribution in [0.1, 0.15) is 36.0 Å². The van der Waals surface area contributed by atoms with Crippen molar-refractivity contribution in [2.45, 2.75) is 44.6 Å². The first-order valence-corrected chi connectivity index (χ1v) is 6.68. The molecule has 0 amide bonds. The zero-order valence-electron chi connectivity index (χ0n) is 9.58. The van der Waals surface area contributed by atoms with Crippen molar-refractivity contribution in [3.63, 3.8) is 0 Å². The van der Waals surface area contributed by atoms with Crippen molar-refractivity contribution < 1.29 is 5.11 Å². The fraction of sp³-hybridized carbons (Fsp3) is 0.571. The number of alkyl halides is 1. The second-order valence-corrected chi connectivity index (χ2v) is 5.02. The Kier molecular flexibility index (Phi) is 4.25. The molecule has 1 aromatic rings. The highest BCUT2D eigenvalue weighted by molar-refractivity contribution is 6.17. The standard InChI is InChI=1S/C14H19ClO/c15-8-2-5-14(16)10-11-6-7-12-3-1-4-13(12)9-11/h6-7,9,14,16H,1-5,8,10H2. The van der Waals surface area contributed by atoms with Gasteiger partial charge in [0.25, 0.3) is 0 Å². The third kappa shape index (κ3) is 2.99. The van der Waals surface area contributed by atoms with Gasteiger partial charge in [0.1, 0.15) is 0 Å². The second-order valence-electron chi connectivity index (χ2n) is 4.65. The summed E-state index contributed by atoms with van der Waals surface area (Å²) in [5, 5.41) is 9.82. The summed E-state index contributed by atoms with van der Waals surface area (Å²) in [6, 6.07) is 6.66. The van der Waals surface area contributed by atoms with Gasteiger partial charge in [0, 0.05) is 5.88 Å². The Morgan fingerprint density at radius 1 is 1.25 bits per heavy atom. The van der Waals surface area contributed by atoms with Crippen LogP contribution in [0, 0.1) is 0 Å². The molecule has 88 valence electrons. The average Bonchev–Trinajstić information content (AvgIpc) is 2.73. The van der Waals surface area contributed by atoms with E-state index in [0.717, 1.165) is 19.3 Å². The molecule has 1 nitrogen and oxygen atoms in total. The molecule has 1 aliphatic rings. The molecular weight excluding hydrogens is 220 g/mol. The van der Waals surface area contributed by atoms with Gasteiger partial charge in [-0.2, -0.15) is 0 Å². The topological polar surface area (TPSA) is 20.2 Å². The maximum absolute atomic E-state index is 9.82. The maximum atomic E-state index is 9.82. The van der Waals surface area contributed by atoms with E-state index >= 15 is 0 Å². The highest BCUT2D eigenvalue weighted by Crippen LogP contribution is 2.23. The summed E-state index contributed by atoms with van der Waals surface area (Å²) in [7, 11) is 0. The Balaban J connectivity index is 1.94. The molecule has 0 aromatic heterocycles. The number of hydrogen-bond acceptors (Lipinski definition) is 1. The molecule has 0 saturated heterocycles. The molecule has 0 bridgehead atoms. The van der Waals surface area contributed by atoms with E-state index in [9.17, 15) is 5.11 Å². The number of aryl methyl sites for hydroxylation is 2. The highest BCUT2D eigenvalue weighted by atomic mass is 35.5. The summed E-state index contributed by atoms with van der Waals surface area (Å²) >= 11 is 5.61. The fourth-order valence-corrected chi connectivity index (χ4v) is 2.59. The Morgan fingerprint density at radius 3 is 2.88 bits per heavy atom. The second kappa shape index (κ2) is 5.70. The summed E-state index contributed by atoms with van der Waals surface area (Å²) in [5.41, 5.74) is 4.25. The number of halogens is 1. The molecule has 0 spiro atoms. The lowest BCUT2D eigenvalue weighted by molar-refractivity contribution is 0.164. The van der Waals surface area contributed by atoms with E-state index in [1.165, 1.54) is 36.0 Å². The van der Waals surface area contributed by atoms with Gasteiger partial charge in [-0.3, -0.25) is 0 Å². The minimum absolute atomic E-state index is 0.238. The van der Waals surface area contributed by atoms with Crippen molar-refractivity contribution in [1.29, 1.82) is 0 Å². The van der Waals surface area contributed by atoms with E-state index in [-0.39, 0.29) is 6.10 Å². The predicted molar refractivity (Wildman–Crippen MR) is 68.1 cm³/mol. The van der Waals surface area contributed by atoms with E-state index in [0.29, 0.717) is 5.88 Å². The third-order valence-corrected chi connectivity index (χ3v) is 3.57. The molecule has 0 heterocycles. The van der Waals surface area contributed by atoms with E-state index in [4.69, 9.17) is 11.6 Å². The quantitative estimate of drug-likeness (QED) is 0.782. The van der Waals surface area contributed by atoms with Gasteiger partial charge < -0.3 is 5.11 Å². The number of aliphatic hydroxyl groups excluding tert-OH is 1. The van der Waals surface area contributed by atoms with Crippen molar-refractivity contribution in [3.05, 3.63) is 34.9 Å². The third-order valence-electron chi connectivity index (χ3n) is 3.31. The van der Waals surface area contributed by atoms with Crippen LogP contribution < -0.4 is 0 Å². The molecule has 0 saturated carbocycles. The van der Waals surface area contributed by atoms with Crippen molar-refractivity contribution in [2.24, 2.45) is 0 Å². The van der Waals surface area contributed by atoms with Crippen LogP contribution in [0.25, 0.3) is 0 Å². The Hall–Kier alpha value is -0.530. The Morgan fingerprint density at radius 2 is 2.06 bits per heavy atom. The van der Waals surface area contributed by atoms with Crippen LogP contribution in [-0.4, -0.2) is 17.1 Å². The summed E-state index contributed by atoms with van der Waals surface area (Å²) in [4.78, 5) is 0. The van der Waals surface area contributed by atoms with E-state index < -0.39 is 0 Å². The largest absolute Gasteiger partial charge is 0.393 e. The van der Waals surface area contributed by atoms with E-state index in [1.54, 1.807) is 0 Å². The molecule has 1 aromatic carbocycles. The van der Waals surface area contributed by atoms with Gasteiger partial charge in [0.2, 0.25) is 0 Å². The van der Waals surface area contributed by atoms with Crippen LogP contribution in [0.3, 0.4) is 0 Å². The molecule has 1 aliphatic carbocycles. The first-order chi connectivity index (χ1) is 7.79.